The molecule has 0 aromatic carbocycles. The van der Waals surface area contributed by atoms with Crippen molar-refractivity contribution in [3.05, 3.63) is 0 Å². The second kappa shape index (κ2) is 6.28. The van der Waals surface area contributed by atoms with Gasteiger partial charge in [0, 0.05) is 11.6 Å². The first-order valence-corrected chi connectivity index (χ1v) is 5.96. The quantitative estimate of drug-likeness (QED) is 0.664. The fourth-order valence-electron chi connectivity index (χ4n) is 2.16. The summed E-state index contributed by atoms with van der Waals surface area (Å²) in [5.41, 5.74) is -0.651. The van der Waals surface area contributed by atoms with E-state index in [-0.39, 0.29) is 6.10 Å². The van der Waals surface area contributed by atoms with E-state index in [1.807, 2.05) is 0 Å². The van der Waals surface area contributed by atoms with Crippen LogP contribution >= 0.6 is 11.6 Å². The maximum absolute atomic E-state index is 10.5. The molecule has 0 bridgehead atoms. The Kier molecular flexibility index (Phi) is 5.31. The molecule has 0 aliphatic heterocycles. The van der Waals surface area contributed by atoms with Gasteiger partial charge in [-0.05, 0) is 31.6 Å². The summed E-state index contributed by atoms with van der Waals surface area (Å²) >= 11 is 5.17. The molecule has 0 aromatic heterocycles. The van der Waals surface area contributed by atoms with Gasteiger partial charge in [0.05, 0.1) is 0 Å². The Bertz CT molecular complexity index is 174. The lowest BCUT2D eigenvalue weighted by atomic mass is 9.84. The second-order valence-electron chi connectivity index (χ2n) is 4.14. The summed E-state index contributed by atoms with van der Waals surface area (Å²) < 4.78 is 4.97. The minimum Gasteiger partial charge on any atom is -0.450 e. The van der Waals surface area contributed by atoms with Gasteiger partial charge in [-0.25, -0.2) is 4.79 Å². The Morgan fingerprint density at radius 3 is 2.50 bits per heavy atom. The van der Waals surface area contributed by atoms with Crippen molar-refractivity contribution < 1.29 is 9.53 Å². The van der Waals surface area contributed by atoms with Crippen molar-refractivity contribution in [3.8, 4) is 0 Å². The Morgan fingerprint density at radius 1 is 1.36 bits per heavy atom. The molecule has 1 aliphatic carbocycles. The number of unbranched alkanes of at least 4 members (excludes halogenated alkanes) is 1. The zero-order chi connectivity index (χ0) is 10.4. The summed E-state index contributed by atoms with van der Waals surface area (Å²) in [6, 6.07) is 0. The number of carbonyl (C=O) groups excluding carboxylic acids is 1. The zero-order valence-corrected chi connectivity index (χ0v) is 9.55. The van der Waals surface area contributed by atoms with Crippen molar-refractivity contribution in [1.82, 2.24) is 0 Å². The number of hydrogen-bond acceptors (Lipinski definition) is 2. The van der Waals surface area contributed by atoms with Crippen LogP contribution in [0.5, 0.6) is 0 Å². The summed E-state index contributed by atoms with van der Waals surface area (Å²) in [4.78, 5) is 10.5. The fraction of sp³-hybridized carbons (Fsp3) is 0.909. The molecule has 82 valence electrons. The maximum atomic E-state index is 10.5. The van der Waals surface area contributed by atoms with Gasteiger partial charge in [0.25, 0.3) is 0 Å². The first-order valence-electron chi connectivity index (χ1n) is 5.58. The monoisotopic (exact) mass is 218 g/mol. The van der Waals surface area contributed by atoms with Crippen LogP contribution in [0.2, 0.25) is 0 Å². The topological polar surface area (TPSA) is 26.3 Å². The Morgan fingerprint density at radius 2 is 2.00 bits per heavy atom. The van der Waals surface area contributed by atoms with Gasteiger partial charge in [-0.2, -0.15) is 0 Å². The lowest BCUT2D eigenvalue weighted by Crippen LogP contribution is -2.22. The molecular formula is C11H19ClO2. The first kappa shape index (κ1) is 11.8. The Balaban J connectivity index is 2.14. The molecule has 1 fully saturated rings. The molecule has 1 aliphatic rings. The van der Waals surface area contributed by atoms with Crippen LogP contribution in [-0.4, -0.2) is 11.5 Å². The molecular weight excluding hydrogens is 200 g/mol. The molecule has 0 saturated heterocycles. The average molecular weight is 219 g/mol. The molecule has 2 nitrogen and oxygen atoms in total. The van der Waals surface area contributed by atoms with Crippen LogP contribution in [0.3, 0.4) is 0 Å². The van der Waals surface area contributed by atoms with Crippen molar-refractivity contribution >= 4 is 17.0 Å². The molecule has 0 atom stereocenters. The molecule has 0 amide bonds. The minimum absolute atomic E-state index is 0.0814. The summed E-state index contributed by atoms with van der Waals surface area (Å²) in [5.74, 6) is 0.847. The smallest absolute Gasteiger partial charge is 0.404 e. The van der Waals surface area contributed by atoms with Crippen LogP contribution in [0, 0.1) is 5.92 Å². The molecule has 1 rings (SSSR count). The van der Waals surface area contributed by atoms with Crippen LogP contribution in [0.4, 0.5) is 4.79 Å². The summed E-state index contributed by atoms with van der Waals surface area (Å²) in [6.45, 7) is 2.22. The number of hydrogen-bond donors (Lipinski definition) is 0. The van der Waals surface area contributed by atoms with Gasteiger partial charge in [-0.3, -0.25) is 0 Å². The molecule has 0 aromatic rings. The van der Waals surface area contributed by atoms with E-state index in [2.05, 4.69) is 6.92 Å². The van der Waals surface area contributed by atoms with Gasteiger partial charge >= 0.3 is 5.43 Å². The number of carbonyl (C=O) groups is 1. The third-order valence-electron chi connectivity index (χ3n) is 3.02. The highest BCUT2D eigenvalue weighted by Crippen LogP contribution is 2.29. The molecule has 3 heteroatoms. The third-order valence-corrected chi connectivity index (χ3v) is 3.11. The van der Waals surface area contributed by atoms with Crippen LogP contribution in [-0.2, 0) is 4.74 Å². The summed E-state index contributed by atoms with van der Waals surface area (Å²) in [6.07, 6.45) is 8.38. The van der Waals surface area contributed by atoms with E-state index >= 15 is 0 Å². The van der Waals surface area contributed by atoms with E-state index in [0.29, 0.717) is 0 Å². The average Bonchev–Trinajstić information content (AvgIpc) is 2.16. The molecule has 0 unspecified atom stereocenters. The zero-order valence-electron chi connectivity index (χ0n) is 8.80. The van der Waals surface area contributed by atoms with Gasteiger partial charge in [-0.15, -0.1) is 0 Å². The Hall–Kier alpha value is -0.240. The van der Waals surface area contributed by atoms with E-state index in [1.165, 1.54) is 32.1 Å². The van der Waals surface area contributed by atoms with E-state index in [4.69, 9.17) is 16.3 Å². The summed E-state index contributed by atoms with van der Waals surface area (Å²) in [7, 11) is 0. The van der Waals surface area contributed by atoms with E-state index in [1.54, 1.807) is 0 Å². The van der Waals surface area contributed by atoms with E-state index < -0.39 is 5.43 Å². The van der Waals surface area contributed by atoms with Crippen molar-refractivity contribution in [2.75, 3.05) is 0 Å². The number of ether oxygens (including phenoxy) is 1. The predicted octanol–water partition coefficient (Wildman–Crippen LogP) is 4.11. The standard InChI is InChI=1S/C11H19ClO2/c1-2-3-4-9-5-7-10(8-6-9)14-11(12)13/h9-10H,2-8H2,1H3. The van der Waals surface area contributed by atoms with Crippen LogP contribution in [0.15, 0.2) is 0 Å². The van der Waals surface area contributed by atoms with Crippen LogP contribution < -0.4 is 0 Å². The second-order valence-corrected chi connectivity index (χ2v) is 4.45. The lowest BCUT2D eigenvalue weighted by Gasteiger charge is -2.27. The molecule has 0 N–H and O–H groups in total. The Labute approximate surface area is 91.0 Å². The minimum atomic E-state index is -0.651. The van der Waals surface area contributed by atoms with Crippen LogP contribution in [0.1, 0.15) is 51.9 Å². The number of halogens is 1. The lowest BCUT2D eigenvalue weighted by molar-refractivity contribution is 0.0806. The van der Waals surface area contributed by atoms with Crippen LogP contribution in [0.25, 0.3) is 0 Å². The van der Waals surface area contributed by atoms with E-state index in [9.17, 15) is 4.79 Å². The molecule has 0 spiro atoms. The maximum Gasteiger partial charge on any atom is 0.404 e. The van der Waals surface area contributed by atoms with Gasteiger partial charge in [0.2, 0.25) is 0 Å². The van der Waals surface area contributed by atoms with E-state index in [0.717, 1.165) is 18.8 Å². The summed E-state index contributed by atoms with van der Waals surface area (Å²) in [5, 5.41) is 0. The molecule has 0 heterocycles. The normalized spacial score (nSPS) is 27.3. The molecule has 0 radical (unpaired) electrons. The van der Waals surface area contributed by atoms with Gasteiger partial charge in [-0.1, -0.05) is 26.2 Å². The molecule has 14 heavy (non-hydrogen) atoms. The van der Waals surface area contributed by atoms with Gasteiger partial charge in [0.15, 0.2) is 0 Å². The van der Waals surface area contributed by atoms with Gasteiger partial charge < -0.3 is 4.74 Å². The van der Waals surface area contributed by atoms with Crippen molar-refractivity contribution in [2.45, 2.75) is 58.0 Å². The predicted molar refractivity (Wildman–Crippen MR) is 57.6 cm³/mol. The number of rotatable bonds is 4. The first-order chi connectivity index (χ1) is 6.72. The van der Waals surface area contributed by atoms with Crippen molar-refractivity contribution in [1.29, 1.82) is 0 Å². The SMILES string of the molecule is CCCCC1CCC(OC(=O)Cl)CC1. The molecule has 1 saturated carbocycles. The van der Waals surface area contributed by atoms with Gasteiger partial charge in [0.1, 0.15) is 6.10 Å². The van der Waals surface area contributed by atoms with Crippen molar-refractivity contribution in [2.24, 2.45) is 5.92 Å². The fourth-order valence-corrected chi connectivity index (χ4v) is 2.29. The highest BCUT2D eigenvalue weighted by atomic mass is 35.5. The highest BCUT2D eigenvalue weighted by Gasteiger charge is 2.22. The third kappa shape index (κ3) is 4.32. The van der Waals surface area contributed by atoms with Crippen molar-refractivity contribution in [3.63, 3.8) is 0 Å². The highest BCUT2D eigenvalue weighted by molar-refractivity contribution is 6.61. The largest absolute Gasteiger partial charge is 0.450 e.